The number of aliphatic carboxylic acids is 1. The van der Waals surface area contributed by atoms with Crippen molar-refractivity contribution in [3.63, 3.8) is 0 Å². The standard InChI is InChI=1S/C16H23NO4/c1-3-4-5-9-17(11-12(2)15(18)19)14-8-6-7-13(10-14)16(20)21/h6-8,10,12H,3-5,9,11H2,1-2H3,(H,18,19)(H,20,21). The second kappa shape index (κ2) is 8.29. The van der Waals surface area contributed by atoms with E-state index in [1.807, 2.05) is 11.0 Å². The third-order valence-corrected chi connectivity index (χ3v) is 3.41. The number of carboxylic acids is 2. The average Bonchev–Trinajstić information content (AvgIpc) is 2.46. The van der Waals surface area contributed by atoms with Gasteiger partial charge in [-0.3, -0.25) is 4.79 Å². The lowest BCUT2D eigenvalue weighted by molar-refractivity contribution is -0.140. The molecule has 0 saturated heterocycles. The summed E-state index contributed by atoms with van der Waals surface area (Å²) in [7, 11) is 0. The maximum atomic E-state index is 11.1. The molecule has 0 aromatic heterocycles. The molecule has 1 unspecified atom stereocenters. The van der Waals surface area contributed by atoms with Gasteiger partial charge in [-0.15, -0.1) is 0 Å². The van der Waals surface area contributed by atoms with E-state index in [9.17, 15) is 9.59 Å². The fourth-order valence-electron chi connectivity index (χ4n) is 2.12. The van der Waals surface area contributed by atoms with E-state index in [2.05, 4.69) is 6.92 Å². The van der Waals surface area contributed by atoms with Crippen LogP contribution in [-0.2, 0) is 4.79 Å². The molecule has 116 valence electrons. The van der Waals surface area contributed by atoms with Gasteiger partial charge in [0.2, 0.25) is 0 Å². The van der Waals surface area contributed by atoms with E-state index < -0.39 is 17.9 Å². The zero-order chi connectivity index (χ0) is 15.8. The Balaban J connectivity index is 2.90. The summed E-state index contributed by atoms with van der Waals surface area (Å²) in [5.41, 5.74) is 0.982. The Kier molecular flexibility index (Phi) is 6.72. The smallest absolute Gasteiger partial charge is 0.335 e. The van der Waals surface area contributed by atoms with Crippen molar-refractivity contribution in [1.29, 1.82) is 0 Å². The van der Waals surface area contributed by atoms with Crippen LogP contribution >= 0.6 is 0 Å². The number of benzene rings is 1. The summed E-state index contributed by atoms with van der Waals surface area (Å²) in [4.78, 5) is 24.1. The lowest BCUT2D eigenvalue weighted by atomic mass is 10.1. The van der Waals surface area contributed by atoms with Crippen LogP contribution in [0.3, 0.4) is 0 Å². The van der Waals surface area contributed by atoms with Gasteiger partial charge < -0.3 is 15.1 Å². The normalized spacial score (nSPS) is 11.9. The lowest BCUT2D eigenvalue weighted by Crippen LogP contribution is -2.32. The summed E-state index contributed by atoms with van der Waals surface area (Å²) in [6.45, 7) is 4.88. The molecule has 2 N–H and O–H groups in total. The van der Waals surface area contributed by atoms with Crippen LogP contribution < -0.4 is 4.90 Å². The molecule has 5 nitrogen and oxygen atoms in total. The molecule has 0 bridgehead atoms. The summed E-state index contributed by atoms with van der Waals surface area (Å²) in [6.07, 6.45) is 3.11. The molecular weight excluding hydrogens is 270 g/mol. The van der Waals surface area contributed by atoms with E-state index in [1.165, 1.54) is 6.07 Å². The van der Waals surface area contributed by atoms with Crippen molar-refractivity contribution < 1.29 is 19.8 Å². The Morgan fingerprint density at radius 2 is 1.95 bits per heavy atom. The number of carbonyl (C=O) groups is 2. The third kappa shape index (κ3) is 5.45. The number of carboxylic acid groups (broad SMARTS) is 2. The summed E-state index contributed by atoms with van der Waals surface area (Å²) in [5, 5.41) is 18.1. The van der Waals surface area contributed by atoms with Crippen molar-refractivity contribution in [2.24, 2.45) is 5.92 Å². The molecule has 0 saturated carbocycles. The summed E-state index contributed by atoms with van der Waals surface area (Å²) >= 11 is 0. The molecule has 0 amide bonds. The van der Waals surface area contributed by atoms with Crippen molar-refractivity contribution >= 4 is 17.6 Å². The molecule has 1 aromatic rings. The first-order valence-electron chi connectivity index (χ1n) is 7.26. The predicted molar refractivity (Wildman–Crippen MR) is 81.9 cm³/mol. The van der Waals surface area contributed by atoms with Gasteiger partial charge in [-0.2, -0.15) is 0 Å². The van der Waals surface area contributed by atoms with Crippen LogP contribution in [0.2, 0.25) is 0 Å². The molecule has 0 aliphatic heterocycles. The van der Waals surface area contributed by atoms with Crippen LogP contribution in [0.1, 0.15) is 43.5 Å². The Morgan fingerprint density at radius 3 is 2.52 bits per heavy atom. The molecule has 0 radical (unpaired) electrons. The number of aromatic carboxylic acids is 1. The molecule has 5 heteroatoms. The maximum Gasteiger partial charge on any atom is 0.335 e. The SMILES string of the molecule is CCCCCN(CC(C)C(=O)O)c1cccc(C(=O)O)c1. The van der Waals surface area contributed by atoms with Crippen LogP contribution in [0, 0.1) is 5.92 Å². The number of hydrogen-bond donors (Lipinski definition) is 2. The largest absolute Gasteiger partial charge is 0.481 e. The molecule has 1 atom stereocenters. The lowest BCUT2D eigenvalue weighted by Gasteiger charge is -2.27. The van der Waals surface area contributed by atoms with Gasteiger partial charge in [-0.05, 0) is 24.6 Å². The van der Waals surface area contributed by atoms with Crippen molar-refractivity contribution in [2.75, 3.05) is 18.0 Å². The van der Waals surface area contributed by atoms with E-state index in [4.69, 9.17) is 10.2 Å². The molecule has 0 spiro atoms. The van der Waals surface area contributed by atoms with Crippen molar-refractivity contribution in [2.45, 2.75) is 33.1 Å². The first-order chi connectivity index (χ1) is 9.95. The molecule has 0 fully saturated rings. The van der Waals surface area contributed by atoms with E-state index in [1.54, 1.807) is 19.1 Å². The molecule has 0 aliphatic carbocycles. The Hall–Kier alpha value is -2.04. The quantitative estimate of drug-likeness (QED) is 0.684. The Morgan fingerprint density at radius 1 is 1.24 bits per heavy atom. The van der Waals surface area contributed by atoms with Gasteiger partial charge in [0.1, 0.15) is 0 Å². The highest BCUT2D eigenvalue weighted by molar-refractivity contribution is 5.88. The van der Waals surface area contributed by atoms with Gasteiger partial charge in [0.05, 0.1) is 11.5 Å². The maximum absolute atomic E-state index is 11.1. The number of nitrogens with zero attached hydrogens (tertiary/aromatic N) is 1. The second-order valence-electron chi connectivity index (χ2n) is 5.25. The minimum atomic E-state index is -0.975. The van der Waals surface area contributed by atoms with E-state index in [-0.39, 0.29) is 5.56 Å². The average molecular weight is 293 g/mol. The minimum absolute atomic E-state index is 0.218. The van der Waals surface area contributed by atoms with Gasteiger partial charge in [-0.1, -0.05) is 32.8 Å². The minimum Gasteiger partial charge on any atom is -0.481 e. The highest BCUT2D eigenvalue weighted by Crippen LogP contribution is 2.19. The van der Waals surface area contributed by atoms with E-state index >= 15 is 0 Å². The first kappa shape index (κ1) is 17.0. The van der Waals surface area contributed by atoms with Gasteiger partial charge in [0.25, 0.3) is 0 Å². The van der Waals surface area contributed by atoms with Crippen molar-refractivity contribution in [1.82, 2.24) is 0 Å². The first-order valence-corrected chi connectivity index (χ1v) is 7.26. The zero-order valence-electron chi connectivity index (χ0n) is 12.6. The number of hydrogen-bond acceptors (Lipinski definition) is 3. The van der Waals surface area contributed by atoms with Crippen LogP contribution in [0.15, 0.2) is 24.3 Å². The van der Waals surface area contributed by atoms with Crippen LogP contribution in [0.4, 0.5) is 5.69 Å². The third-order valence-electron chi connectivity index (χ3n) is 3.41. The molecule has 0 heterocycles. The molecule has 1 rings (SSSR count). The van der Waals surface area contributed by atoms with Crippen molar-refractivity contribution in [3.05, 3.63) is 29.8 Å². The summed E-state index contributed by atoms with van der Waals surface area (Å²) < 4.78 is 0. The van der Waals surface area contributed by atoms with E-state index in [0.717, 1.165) is 31.5 Å². The zero-order valence-corrected chi connectivity index (χ0v) is 12.6. The van der Waals surface area contributed by atoms with E-state index in [0.29, 0.717) is 6.54 Å². The monoisotopic (exact) mass is 293 g/mol. The molecule has 21 heavy (non-hydrogen) atoms. The van der Waals surface area contributed by atoms with Crippen LogP contribution in [0.25, 0.3) is 0 Å². The predicted octanol–water partition coefficient (Wildman–Crippen LogP) is 3.10. The van der Waals surface area contributed by atoms with Gasteiger partial charge in [0, 0.05) is 18.8 Å². The Labute approximate surface area is 125 Å². The highest BCUT2D eigenvalue weighted by atomic mass is 16.4. The topological polar surface area (TPSA) is 77.8 Å². The van der Waals surface area contributed by atoms with Gasteiger partial charge >= 0.3 is 11.9 Å². The summed E-state index contributed by atoms with van der Waals surface area (Å²) in [6, 6.07) is 6.66. The fourth-order valence-corrected chi connectivity index (χ4v) is 2.12. The fraction of sp³-hybridized carbons (Fsp3) is 0.500. The second-order valence-corrected chi connectivity index (χ2v) is 5.25. The number of unbranched alkanes of at least 4 members (excludes halogenated alkanes) is 2. The van der Waals surface area contributed by atoms with Gasteiger partial charge in [-0.25, -0.2) is 4.79 Å². The molecular formula is C16H23NO4. The molecule has 0 aliphatic rings. The van der Waals surface area contributed by atoms with Crippen molar-refractivity contribution in [3.8, 4) is 0 Å². The molecule has 1 aromatic carbocycles. The number of rotatable bonds is 9. The Bertz CT molecular complexity index is 487. The summed E-state index contributed by atoms with van der Waals surface area (Å²) in [5.74, 6) is -2.32. The number of anilines is 1. The van der Waals surface area contributed by atoms with Gasteiger partial charge in [0.15, 0.2) is 0 Å². The highest BCUT2D eigenvalue weighted by Gasteiger charge is 2.17. The van der Waals surface area contributed by atoms with Crippen LogP contribution in [0.5, 0.6) is 0 Å². The van der Waals surface area contributed by atoms with Crippen LogP contribution in [-0.4, -0.2) is 35.2 Å².